The van der Waals surface area contributed by atoms with Gasteiger partial charge in [0.25, 0.3) is 0 Å². The van der Waals surface area contributed by atoms with Crippen molar-refractivity contribution >= 4 is 11.9 Å². The Balaban J connectivity index is 1.70. The molecule has 0 bridgehead atoms. The molecule has 2 aliphatic carbocycles. The summed E-state index contributed by atoms with van der Waals surface area (Å²) in [6.07, 6.45) is 3.74. The second-order valence-corrected chi connectivity index (χ2v) is 6.53. The van der Waals surface area contributed by atoms with E-state index in [0.29, 0.717) is 19.3 Å². The van der Waals surface area contributed by atoms with Crippen LogP contribution < -0.4 is 5.32 Å². The van der Waals surface area contributed by atoms with Gasteiger partial charge in [-0.1, -0.05) is 31.4 Å². The number of rotatable bonds is 4. The first kappa shape index (κ1) is 15.9. The van der Waals surface area contributed by atoms with E-state index < -0.39 is 29.1 Å². The van der Waals surface area contributed by atoms with Crippen molar-refractivity contribution in [2.45, 2.75) is 50.0 Å². The molecule has 0 saturated heterocycles. The Labute approximate surface area is 132 Å². The molecular formula is C17H19F2NO3. The monoisotopic (exact) mass is 323 g/mol. The van der Waals surface area contributed by atoms with E-state index >= 15 is 0 Å². The minimum Gasteiger partial charge on any atom is -0.480 e. The molecule has 0 aliphatic heterocycles. The number of aliphatic carboxylic acids is 1. The number of halogens is 2. The molecule has 2 fully saturated rings. The summed E-state index contributed by atoms with van der Waals surface area (Å²) in [7, 11) is 0. The van der Waals surface area contributed by atoms with Crippen LogP contribution in [0, 0.1) is 17.6 Å². The zero-order chi connectivity index (χ0) is 16.6. The first-order chi connectivity index (χ1) is 10.9. The molecule has 0 aromatic heterocycles. The molecule has 2 N–H and O–H groups in total. The van der Waals surface area contributed by atoms with Crippen LogP contribution >= 0.6 is 0 Å². The predicted molar refractivity (Wildman–Crippen MR) is 78.8 cm³/mol. The Morgan fingerprint density at radius 2 is 1.87 bits per heavy atom. The van der Waals surface area contributed by atoms with E-state index in [1.807, 2.05) is 0 Å². The van der Waals surface area contributed by atoms with Crippen LogP contribution in [0.2, 0.25) is 0 Å². The predicted octanol–water partition coefficient (Wildman–Crippen LogP) is 2.97. The van der Waals surface area contributed by atoms with E-state index in [1.165, 1.54) is 12.1 Å². The lowest BCUT2D eigenvalue weighted by atomic mass is 9.81. The van der Waals surface area contributed by atoms with Gasteiger partial charge in [0.05, 0.1) is 0 Å². The van der Waals surface area contributed by atoms with Gasteiger partial charge in [0.2, 0.25) is 5.91 Å². The lowest BCUT2D eigenvalue weighted by molar-refractivity contribution is -0.149. The molecule has 1 amide bonds. The highest BCUT2D eigenvalue weighted by Gasteiger charge is 2.49. The fourth-order valence-corrected chi connectivity index (χ4v) is 3.51. The highest BCUT2D eigenvalue weighted by molar-refractivity contribution is 5.90. The number of nitrogens with one attached hydrogen (secondary N) is 1. The molecule has 6 heteroatoms. The summed E-state index contributed by atoms with van der Waals surface area (Å²) >= 11 is 0. The first-order valence-electron chi connectivity index (χ1n) is 7.94. The summed E-state index contributed by atoms with van der Waals surface area (Å²) in [6, 6.07) is 3.93. The van der Waals surface area contributed by atoms with E-state index in [2.05, 4.69) is 5.32 Å². The molecule has 124 valence electrons. The number of amides is 1. The fourth-order valence-electron chi connectivity index (χ4n) is 3.51. The van der Waals surface area contributed by atoms with E-state index in [0.717, 1.165) is 25.3 Å². The van der Waals surface area contributed by atoms with Crippen molar-refractivity contribution in [2.24, 2.45) is 5.92 Å². The second kappa shape index (κ2) is 5.91. The van der Waals surface area contributed by atoms with Gasteiger partial charge in [0.15, 0.2) is 11.6 Å². The van der Waals surface area contributed by atoms with Crippen molar-refractivity contribution < 1.29 is 23.5 Å². The summed E-state index contributed by atoms with van der Waals surface area (Å²) in [6.45, 7) is 0. The number of carbonyl (C=O) groups excluding carboxylic acids is 1. The Hall–Kier alpha value is -1.98. The maximum atomic E-state index is 13.8. The van der Waals surface area contributed by atoms with Gasteiger partial charge in [-0.25, -0.2) is 13.6 Å². The molecule has 1 aromatic rings. The molecule has 0 spiro atoms. The Morgan fingerprint density at radius 3 is 2.52 bits per heavy atom. The van der Waals surface area contributed by atoms with E-state index in [4.69, 9.17) is 0 Å². The van der Waals surface area contributed by atoms with Gasteiger partial charge in [0, 0.05) is 5.92 Å². The van der Waals surface area contributed by atoms with Crippen LogP contribution in [0.4, 0.5) is 8.78 Å². The van der Waals surface area contributed by atoms with Crippen molar-refractivity contribution in [3.05, 3.63) is 35.4 Å². The minimum atomic E-state index is -1.21. The molecule has 4 nitrogen and oxygen atoms in total. The third-order valence-electron chi connectivity index (χ3n) is 4.99. The molecule has 2 atom stereocenters. The SMILES string of the molecule is O=C(NC1(C(=O)O)CCCCC1)C1CC1c1cccc(F)c1F. The van der Waals surface area contributed by atoms with Crippen molar-refractivity contribution in [3.63, 3.8) is 0 Å². The largest absolute Gasteiger partial charge is 0.480 e. The molecule has 2 aliphatic rings. The molecule has 0 radical (unpaired) electrons. The van der Waals surface area contributed by atoms with Gasteiger partial charge in [0.1, 0.15) is 5.54 Å². The highest BCUT2D eigenvalue weighted by atomic mass is 19.2. The van der Waals surface area contributed by atoms with Crippen LogP contribution in [-0.2, 0) is 9.59 Å². The summed E-state index contributed by atoms with van der Waals surface area (Å²) < 4.78 is 27.1. The number of carboxylic acid groups (broad SMARTS) is 1. The van der Waals surface area contributed by atoms with Gasteiger partial charge in [-0.2, -0.15) is 0 Å². The van der Waals surface area contributed by atoms with E-state index in [-0.39, 0.29) is 17.4 Å². The molecule has 2 unspecified atom stereocenters. The Morgan fingerprint density at radius 1 is 1.17 bits per heavy atom. The maximum Gasteiger partial charge on any atom is 0.329 e. The number of hydrogen-bond acceptors (Lipinski definition) is 2. The third kappa shape index (κ3) is 2.94. The normalized spacial score (nSPS) is 25.7. The molecule has 2 saturated carbocycles. The number of carbonyl (C=O) groups is 2. The zero-order valence-electron chi connectivity index (χ0n) is 12.6. The van der Waals surface area contributed by atoms with Gasteiger partial charge in [-0.15, -0.1) is 0 Å². The second-order valence-electron chi connectivity index (χ2n) is 6.53. The van der Waals surface area contributed by atoms with Crippen LogP contribution in [0.1, 0.15) is 50.0 Å². The van der Waals surface area contributed by atoms with E-state index in [1.54, 1.807) is 0 Å². The Bertz CT molecular complexity index is 641. The summed E-state index contributed by atoms with van der Waals surface area (Å²) in [5.74, 6) is -4.09. The van der Waals surface area contributed by atoms with Crippen molar-refractivity contribution in [1.82, 2.24) is 5.32 Å². The van der Waals surface area contributed by atoms with Crippen LogP contribution in [0.5, 0.6) is 0 Å². The van der Waals surface area contributed by atoms with Gasteiger partial charge in [-0.05, 0) is 36.8 Å². The summed E-state index contributed by atoms with van der Waals surface area (Å²) in [5, 5.41) is 12.2. The van der Waals surface area contributed by atoms with Crippen molar-refractivity contribution in [2.75, 3.05) is 0 Å². The molecule has 23 heavy (non-hydrogen) atoms. The van der Waals surface area contributed by atoms with Gasteiger partial charge in [-0.3, -0.25) is 4.79 Å². The lowest BCUT2D eigenvalue weighted by Gasteiger charge is -2.34. The standard InChI is InChI=1S/C17H19F2NO3/c18-13-6-4-5-10(14(13)19)11-9-12(11)15(21)20-17(16(22)23)7-2-1-3-8-17/h4-6,11-12H,1-3,7-9H2,(H,20,21)(H,22,23). The fraction of sp³-hybridized carbons (Fsp3) is 0.529. The third-order valence-corrected chi connectivity index (χ3v) is 4.99. The van der Waals surface area contributed by atoms with Crippen LogP contribution in [0.3, 0.4) is 0 Å². The van der Waals surface area contributed by atoms with Crippen LogP contribution in [-0.4, -0.2) is 22.5 Å². The van der Waals surface area contributed by atoms with Gasteiger partial charge < -0.3 is 10.4 Å². The van der Waals surface area contributed by atoms with Crippen LogP contribution in [0.25, 0.3) is 0 Å². The molecule has 1 aromatic carbocycles. The minimum absolute atomic E-state index is 0.193. The highest BCUT2D eigenvalue weighted by Crippen LogP contribution is 2.49. The smallest absolute Gasteiger partial charge is 0.329 e. The number of carboxylic acids is 1. The molecule has 3 rings (SSSR count). The topological polar surface area (TPSA) is 66.4 Å². The van der Waals surface area contributed by atoms with Gasteiger partial charge >= 0.3 is 5.97 Å². The maximum absolute atomic E-state index is 13.8. The van der Waals surface area contributed by atoms with Crippen molar-refractivity contribution in [3.8, 4) is 0 Å². The first-order valence-corrected chi connectivity index (χ1v) is 7.94. The lowest BCUT2D eigenvalue weighted by Crippen LogP contribution is -2.56. The summed E-state index contributed by atoms with van der Waals surface area (Å²) in [4.78, 5) is 24.0. The summed E-state index contributed by atoms with van der Waals surface area (Å²) in [5.41, 5.74) is -1.01. The molecular weight excluding hydrogens is 304 g/mol. The Kier molecular flexibility index (Phi) is 4.08. The quantitative estimate of drug-likeness (QED) is 0.895. The number of hydrogen-bond donors (Lipinski definition) is 2. The van der Waals surface area contributed by atoms with E-state index in [9.17, 15) is 23.5 Å². The zero-order valence-corrected chi connectivity index (χ0v) is 12.6. The van der Waals surface area contributed by atoms with Crippen molar-refractivity contribution in [1.29, 1.82) is 0 Å². The van der Waals surface area contributed by atoms with Crippen LogP contribution in [0.15, 0.2) is 18.2 Å². The average Bonchev–Trinajstić information content (AvgIpc) is 3.31. The molecule has 0 heterocycles. The average molecular weight is 323 g/mol. The number of benzene rings is 1.